The van der Waals surface area contributed by atoms with Crippen LogP contribution in [0.5, 0.6) is 0 Å². The molecule has 0 saturated carbocycles. The van der Waals surface area contributed by atoms with E-state index in [2.05, 4.69) is 10.2 Å². The quantitative estimate of drug-likeness (QED) is 0.156. The summed E-state index contributed by atoms with van der Waals surface area (Å²) in [6.07, 6.45) is 1.48. The van der Waals surface area contributed by atoms with E-state index in [1.165, 1.54) is 23.6 Å². The molecule has 232 valence electrons. The number of anilines is 1. The van der Waals surface area contributed by atoms with Gasteiger partial charge in [0, 0.05) is 41.3 Å². The van der Waals surface area contributed by atoms with Gasteiger partial charge < -0.3 is 14.6 Å². The molecule has 2 aromatic heterocycles. The van der Waals surface area contributed by atoms with Crippen molar-refractivity contribution in [3.8, 4) is 10.4 Å². The number of nitrogens with zero attached hydrogens (tertiary/aromatic N) is 2. The fraction of sp³-hybridized carbons (Fsp3) is 0.250. The zero-order valence-electron chi connectivity index (χ0n) is 25.8. The molecule has 0 saturated heterocycles. The second-order valence-corrected chi connectivity index (χ2v) is 12.3. The Labute approximate surface area is 265 Å². The SMILES string of the molecule is CCOC(=O)c1cn(Cc2ccccc2F)c2sc(-c3ccc(NC(=O)C(C)C)cc3)c(CN(C)Cc3ccccc3)c2c1=O. The van der Waals surface area contributed by atoms with Crippen LogP contribution in [0.4, 0.5) is 10.1 Å². The first-order valence-electron chi connectivity index (χ1n) is 14.9. The molecule has 5 aromatic rings. The first-order valence-corrected chi connectivity index (χ1v) is 15.7. The number of ether oxygens (including phenoxy) is 1. The average molecular weight is 626 g/mol. The van der Waals surface area contributed by atoms with Crippen molar-refractivity contribution in [2.45, 2.75) is 40.4 Å². The lowest BCUT2D eigenvalue weighted by Gasteiger charge is -2.18. The Morgan fingerprint density at radius 1 is 0.978 bits per heavy atom. The summed E-state index contributed by atoms with van der Waals surface area (Å²) in [4.78, 5) is 43.0. The second-order valence-electron chi connectivity index (χ2n) is 11.3. The van der Waals surface area contributed by atoms with Crippen molar-refractivity contribution in [2.24, 2.45) is 5.92 Å². The lowest BCUT2D eigenvalue weighted by atomic mass is 10.0. The minimum Gasteiger partial charge on any atom is -0.462 e. The number of hydrogen-bond acceptors (Lipinski definition) is 6. The van der Waals surface area contributed by atoms with Crippen molar-refractivity contribution in [3.63, 3.8) is 0 Å². The number of carbonyl (C=O) groups is 2. The van der Waals surface area contributed by atoms with Crippen LogP contribution in [0.3, 0.4) is 0 Å². The number of rotatable bonds is 11. The Kier molecular flexibility index (Phi) is 9.90. The van der Waals surface area contributed by atoms with E-state index in [0.29, 0.717) is 34.6 Å². The van der Waals surface area contributed by atoms with Gasteiger partial charge in [-0.05, 0) is 48.9 Å². The van der Waals surface area contributed by atoms with Crippen LogP contribution in [-0.4, -0.2) is 35.0 Å². The molecular weight excluding hydrogens is 589 g/mol. The third kappa shape index (κ3) is 7.21. The molecule has 0 fully saturated rings. The number of amides is 1. The Morgan fingerprint density at radius 3 is 2.33 bits per heavy atom. The standard InChI is InChI=1S/C36H36FN3O4S/c1-5-44-36(43)29-22-40(20-26-13-9-10-14-30(26)37)35-31(32(29)41)28(21-39(4)19-24-11-7-6-8-12-24)33(45-35)25-15-17-27(18-16-25)38-34(42)23(2)3/h6-18,22-23H,5,19-21H2,1-4H3,(H,38,42). The third-order valence-corrected chi connectivity index (χ3v) is 8.78. The first-order chi connectivity index (χ1) is 21.7. The molecule has 1 amide bonds. The summed E-state index contributed by atoms with van der Waals surface area (Å²) < 4.78 is 21.9. The van der Waals surface area contributed by atoms with Gasteiger partial charge in [0.05, 0.1) is 18.5 Å². The molecule has 0 radical (unpaired) electrons. The first kappa shape index (κ1) is 31.8. The predicted octanol–water partition coefficient (Wildman–Crippen LogP) is 7.32. The van der Waals surface area contributed by atoms with Crippen LogP contribution in [0.25, 0.3) is 20.7 Å². The summed E-state index contributed by atoms with van der Waals surface area (Å²) in [6.45, 7) is 6.64. The average Bonchev–Trinajstić information content (AvgIpc) is 3.40. The summed E-state index contributed by atoms with van der Waals surface area (Å²) in [5.74, 6) is -1.33. The van der Waals surface area contributed by atoms with Crippen LogP contribution in [0.2, 0.25) is 0 Å². The van der Waals surface area contributed by atoms with E-state index in [4.69, 9.17) is 4.74 Å². The summed E-state index contributed by atoms with van der Waals surface area (Å²) >= 11 is 1.42. The highest BCUT2D eigenvalue weighted by Crippen LogP contribution is 2.39. The number of carbonyl (C=O) groups excluding carboxylic acids is 2. The number of benzene rings is 3. The van der Waals surface area contributed by atoms with Crippen molar-refractivity contribution < 1.29 is 18.7 Å². The van der Waals surface area contributed by atoms with Gasteiger partial charge in [0.25, 0.3) is 0 Å². The minimum absolute atomic E-state index is 0.0792. The molecule has 45 heavy (non-hydrogen) atoms. The molecule has 0 aliphatic rings. The molecule has 7 nitrogen and oxygen atoms in total. The van der Waals surface area contributed by atoms with E-state index < -0.39 is 11.4 Å². The molecule has 2 heterocycles. The molecule has 1 N–H and O–H groups in total. The summed E-state index contributed by atoms with van der Waals surface area (Å²) in [6, 6.07) is 24.0. The largest absolute Gasteiger partial charge is 0.462 e. The van der Waals surface area contributed by atoms with E-state index in [9.17, 15) is 18.8 Å². The number of pyridine rings is 1. The molecule has 5 rings (SSSR count). The van der Waals surface area contributed by atoms with Crippen molar-refractivity contribution in [2.75, 3.05) is 19.0 Å². The molecule has 0 aliphatic carbocycles. The van der Waals surface area contributed by atoms with Gasteiger partial charge in [0.1, 0.15) is 16.2 Å². The highest BCUT2D eigenvalue weighted by Gasteiger charge is 2.25. The lowest BCUT2D eigenvalue weighted by molar-refractivity contribution is -0.118. The topological polar surface area (TPSA) is 80.6 Å². The van der Waals surface area contributed by atoms with E-state index in [-0.39, 0.29) is 36.4 Å². The van der Waals surface area contributed by atoms with Gasteiger partial charge in [-0.3, -0.25) is 14.5 Å². The van der Waals surface area contributed by atoms with Gasteiger partial charge in [-0.15, -0.1) is 11.3 Å². The van der Waals surface area contributed by atoms with Gasteiger partial charge in [-0.1, -0.05) is 74.5 Å². The number of nitrogens with one attached hydrogen (secondary N) is 1. The number of esters is 1. The van der Waals surface area contributed by atoms with Gasteiger partial charge in [-0.2, -0.15) is 0 Å². The van der Waals surface area contributed by atoms with Crippen LogP contribution in [0, 0.1) is 11.7 Å². The van der Waals surface area contributed by atoms with E-state index in [0.717, 1.165) is 21.6 Å². The lowest BCUT2D eigenvalue weighted by Crippen LogP contribution is -2.23. The van der Waals surface area contributed by atoms with Gasteiger partial charge in [0.2, 0.25) is 11.3 Å². The number of aromatic nitrogens is 1. The van der Waals surface area contributed by atoms with E-state index in [1.807, 2.05) is 75.5 Å². The van der Waals surface area contributed by atoms with Crippen molar-refractivity contribution in [3.05, 3.63) is 123 Å². The molecule has 0 atom stereocenters. The fourth-order valence-electron chi connectivity index (χ4n) is 5.17. The number of halogens is 1. The maximum absolute atomic E-state index is 14.8. The fourth-order valence-corrected chi connectivity index (χ4v) is 6.46. The third-order valence-electron chi connectivity index (χ3n) is 7.46. The van der Waals surface area contributed by atoms with Crippen molar-refractivity contribution in [1.29, 1.82) is 0 Å². The molecule has 3 aromatic carbocycles. The predicted molar refractivity (Wildman–Crippen MR) is 178 cm³/mol. The summed E-state index contributed by atoms with van der Waals surface area (Å²) in [5.41, 5.74) is 3.34. The zero-order valence-corrected chi connectivity index (χ0v) is 26.6. The molecule has 0 bridgehead atoms. The van der Waals surface area contributed by atoms with Crippen LogP contribution in [-0.2, 0) is 29.2 Å². The van der Waals surface area contributed by atoms with Crippen LogP contribution in [0.1, 0.15) is 47.8 Å². The van der Waals surface area contributed by atoms with Crippen molar-refractivity contribution >= 4 is 39.1 Å². The normalized spacial score (nSPS) is 11.4. The number of fused-ring (bicyclic) bond motifs is 1. The summed E-state index contributed by atoms with van der Waals surface area (Å²) in [7, 11) is 1.98. The molecule has 9 heteroatoms. The van der Waals surface area contributed by atoms with Crippen LogP contribution >= 0.6 is 11.3 Å². The maximum atomic E-state index is 14.8. The molecular formula is C36H36FN3O4S. The number of hydrogen-bond donors (Lipinski definition) is 1. The zero-order chi connectivity index (χ0) is 32.1. The molecule has 0 spiro atoms. The Hall–Kier alpha value is -4.60. The van der Waals surface area contributed by atoms with Gasteiger partial charge in [0.15, 0.2) is 0 Å². The smallest absolute Gasteiger partial charge is 0.343 e. The van der Waals surface area contributed by atoms with E-state index in [1.54, 1.807) is 29.7 Å². The highest BCUT2D eigenvalue weighted by atomic mass is 32.1. The van der Waals surface area contributed by atoms with E-state index >= 15 is 0 Å². The second kappa shape index (κ2) is 14.0. The Balaban J connectivity index is 1.69. The van der Waals surface area contributed by atoms with Crippen molar-refractivity contribution in [1.82, 2.24) is 9.47 Å². The van der Waals surface area contributed by atoms with Crippen LogP contribution < -0.4 is 10.7 Å². The highest BCUT2D eigenvalue weighted by molar-refractivity contribution is 7.22. The van der Waals surface area contributed by atoms with Gasteiger partial charge in [-0.25, -0.2) is 9.18 Å². The Bertz CT molecular complexity index is 1880. The van der Waals surface area contributed by atoms with Gasteiger partial charge >= 0.3 is 5.97 Å². The molecule has 0 aliphatic heterocycles. The Morgan fingerprint density at radius 2 is 1.67 bits per heavy atom. The summed E-state index contributed by atoms with van der Waals surface area (Å²) in [5, 5.41) is 3.33. The van der Waals surface area contributed by atoms with Crippen LogP contribution in [0.15, 0.2) is 89.9 Å². The minimum atomic E-state index is -0.715. The number of thiophene rings is 1. The molecule has 0 unspecified atom stereocenters. The monoisotopic (exact) mass is 625 g/mol. The maximum Gasteiger partial charge on any atom is 0.343 e.